The van der Waals surface area contributed by atoms with Crippen molar-refractivity contribution in [2.45, 2.75) is 55.0 Å². The number of aromatic nitrogens is 3. The number of primary amides is 1. The summed E-state index contributed by atoms with van der Waals surface area (Å²) in [6.07, 6.45) is 7.03. The molecular formula is C20H24Cl2N6OS. The van der Waals surface area contributed by atoms with Crippen molar-refractivity contribution < 1.29 is 4.79 Å². The first-order valence-corrected chi connectivity index (χ1v) is 11.5. The quantitative estimate of drug-likeness (QED) is 0.658. The fraction of sp³-hybridized carbons (Fsp3) is 0.500. The number of pyridine rings is 1. The highest BCUT2D eigenvalue weighted by Gasteiger charge is 2.43. The lowest BCUT2D eigenvalue weighted by Crippen LogP contribution is -2.47. The molecule has 1 saturated heterocycles. The zero-order valence-electron chi connectivity index (χ0n) is 16.7. The molecule has 3 heterocycles. The zero-order chi connectivity index (χ0) is 21.5. The summed E-state index contributed by atoms with van der Waals surface area (Å²) in [6, 6.07) is 2.01. The second-order valence-electron chi connectivity index (χ2n) is 8.01. The van der Waals surface area contributed by atoms with E-state index < -0.39 is 5.91 Å². The van der Waals surface area contributed by atoms with Gasteiger partial charge in [-0.25, -0.2) is 15.0 Å². The van der Waals surface area contributed by atoms with Gasteiger partial charge in [0, 0.05) is 30.2 Å². The van der Waals surface area contributed by atoms with Crippen LogP contribution in [0.15, 0.2) is 22.2 Å². The molecule has 2 aromatic heterocycles. The van der Waals surface area contributed by atoms with Crippen LogP contribution in [0, 0.1) is 12.3 Å². The number of rotatable bonds is 4. The van der Waals surface area contributed by atoms with E-state index in [9.17, 15) is 4.79 Å². The molecule has 0 aromatic carbocycles. The molecule has 1 aliphatic carbocycles. The largest absolute Gasteiger partial charge is 0.364 e. The molecule has 2 aliphatic rings. The molecule has 1 amide bonds. The van der Waals surface area contributed by atoms with Crippen LogP contribution in [0.25, 0.3) is 0 Å². The van der Waals surface area contributed by atoms with Crippen LogP contribution >= 0.6 is 35.0 Å². The maximum atomic E-state index is 12.2. The fourth-order valence-electron chi connectivity index (χ4n) is 4.51. The summed E-state index contributed by atoms with van der Waals surface area (Å²) < 4.78 is 0. The molecule has 4 N–H and O–H groups in total. The molecule has 1 atom stereocenters. The maximum absolute atomic E-state index is 12.2. The molecule has 1 saturated carbocycles. The molecule has 7 nitrogen and oxygen atoms in total. The molecule has 0 bridgehead atoms. The van der Waals surface area contributed by atoms with Crippen molar-refractivity contribution in [1.82, 2.24) is 15.0 Å². The van der Waals surface area contributed by atoms with E-state index in [2.05, 4.69) is 14.9 Å². The van der Waals surface area contributed by atoms with Crippen LogP contribution in [-0.4, -0.2) is 40.0 Å². The monoisotopic (exact) mass is 466 g/mol. The minimum Gasteiger partial charge on any atom is -0.364 e. The molecule has 2 aromatic rings. The predicted octanol–water partition coefficient (Wildman–Crippen LogP) is 3.83. The van der Waals surface area contributed by atoms with Gasteiger partial charge in [0.25, 0.3) is 5.91 Å². The molecule has 2 fully saturated rings. The van der Waals surface area contributed by atoms with Gasteiger partial charge in [-0.1, -0.05) is 41.4 Å². The minimum atomic E-state index is -0.601. The molecule has 1 spiro atoms. The third-order valence-corrected chi connectivity index (χ3v) is 8.31. The third-order valence-electron chi connectivity index (χ3n) is 6.29. The van der Waals surface area contributed by atoms with Gasteiger partial charge in [0.15, 0.2) is 11.5 Å². The Balaban J connectivity index is 1.61. The van der Waals surface area contributed by atoms with Gasteiger partial charge in [-0.15, -0.1) is 0 Å². The molecular weight excluding hydrogens is 443 g/mol. The van der Waals surface area contributed by atoms with Crippen LogP contribution in [0.4, 0.5) is 5.82 Å². The highest BCUT2D eigenvalue weighted by atomic mass is 35.5. The van der Waals surface area contributed by atoms with Crippen LogP contribution < -0.4 is 16.4 Å². The number of carbonyl (C=O) groups excluding carboxylic acids is 1. The van der Waals surface area contributed by atoms with E-state index in [1.807, 2.05) is 6.92 Å². The smallest absolute Gasteiger partial charge is 0.271 e. The lowest BCUT2D eigenvalue weighted by Gasteiger charge is -2.42. The molecule has 160 valence electrons. The number of halogens is 2. The van der Waals surface area contributed by atoms with Crippen LogP contribution in [0.5, 0.6) is 0 Å². The van der Waals surface area contributed by atoms with Crippen LogP contribution in [0.2, 0.25) is 10.2 Å². The van der Waals surface area contributed by atoms with Gasteiger partial charge in [-0.2, -0.15) is 0 Å². The fourth-order valence-corrected chi connectivity index (χ4v) is 5.81. The Morgan fingerprint density at radius 3 is 2.63 bits per heavy atom. The first-order chi connectivity index (χ1) is 14.3. The Bertz CT molecular complexity index is 980. The first-order valence-electron chi connectivity index (χ1n) is 9.97. The number of anilines is 1. The van der Waals surface area contributed by atoms with E-state index in [0.717, 1.165) is 32.4 Å². The molecule has 30 heavy (non-hydrogen) atoms. The Kier molecular flexibility index (Phi) is 6.12. The number of aryl methyl sites for hydroxylation is 1. The summed E-state index contributed by atoms with van der Waals surface area (Å²) in [5.74, 6) is -0.0549. The molecule has 0 radical (unpaired) electrons. The van der Waals surface area contributed by atoms with Gasteiger partial charge >= 0.3 is 0 Å². The molecule has 4 rings (SSSR count). The normalized spacial score (nSPS) is 20.7. The van der Waals surface area contributed by atoms with Crippen LogP contribution in [-0.2, 0) is 0 Å². The van der Waals surface area contributed by atoms with Gasteiger partial charge in [-0.05, 0) is 44.1 Å². The zero-order valence-corrected chi connectivity index (χ0v) is 19.0. The highest BCUT2D eigenvalue weighted by Crippen LogP contribution is 2.46. The lowest BCUT2D eigenvalue weighted by molar-refractivity contribution is 0.0994. The topological polar surface area (TPSA) is 111 Å². The highest BCUT2D eigenvalue weighted by molar-refractivity contribution is 7.99. The predicted molar refractivity (Wildman–Crippen MR) is 119 cm³/mol. The Hall–Kier alpha value is -1.61. The van der Waals surface area contributed by atoms with Crippen molar-refractivity contribution in [3.63, 3.8) is 0 Å². The van der Waals surface area contributed by atoms with Gasteiger partial charge in [0.05, 0.1) is 10.7 Å². The van der Waals surface area contributed by atoms with Crippen molar-refractivity contribution in [3.8, 4) is 0 Å². The summed E-state index contributed by atoms with van der Waals surface area (Å²) in [5.41, 5.74) is 13.2. The van der Waals surface area contributed by atoms with Crippen molar-refractivity contribution >= 4 is 46.7 Å². The SMILES string of the molecule is Cc1nc(N2CCC3(CCC[C@H]3N)CC2)c(C(N)=O)nc1Sc1ccnc(Cl)c1Cl. The molecule has 10 heteroatoms. The van der Waals surface area contributed by atoms with Gasteiger partial charge in [-0.3, -0.25) is 4.79 Å². The minimum absolute atomic E-state index is 0.172. The standard InChI is InChI=1S/C20H24Cl2N6OS/c1-11-19(30-12-4-8-25-16(22)14(12)21)27-15(17(24)29)18(26-11)28-9-6-20(7-10-28)5-2-3-13(20)23/h4,8,13H,2-3,5-7,9-10,23H2,1H3,(H2,24,29)/t13-/m1/s1. The van der Waals surface area contributed by atoms with E-state index in [1.54, 1.807) is 12.3 Å². The second-order valence-corrected chi connectivity index (χ2v) is 9.78. The molecule has 0 unspecified atom stereocenters. The van der Waals surface area contributed by atoms with Gasteiger partial charge in [0.1, 0.15) is 10.2 Å². The summed E-state index contributed by atoms with van der Waals surface area (Å²) in [5, 5.41) is 1.11. The summed E-state index contributed by atoms with van der Waals surface area (Å²) in [6.45, 7) is 3.44. The number of amides is 1. The Labute approximate surface area is 189 Å². The van der Waals surface area contributed by atoms with Crippen LogP contribution in [0.1, 0.15) is 48.3 Å². The van der Waals surface area contributed by atoms with E-state index in [4.69, 9.17) is 39.7 Å². The Morgan fingerprint density at radius 1 is 1.27 bits per heavy atom. The summed E-state index contributed by atoms with van der Waals surface area (Å²) in [7, 11) is 0. The van der Waals surface area contributed by atoms with E-state index in [0.29, 0.717) is 26.5 Å². The number of hydrogen-bond donors (Lipinski definition) is 2. The lowest BCUT2D eigenvalue weighted by atomic mass is 9.74. The van der Waals surface area contributed by atoms with Gasteiger partial charge < -0.3 is 16.4 Å². The van der Waals surface area contributed by atoms with Crippen molar-refractivity contribution in [3.05, 3.63) is 33.8 Å². The average molecular weight is 467 g/mol. The van der Waals surface area contributed by atoms with Crippen molar-refractivity contribution in [2.75, 3.05) is 18.0 Å². The number of nitrogens with zero attached hydrogens (tertiary/aromatic N) is 4. The summed E-state index contributed by atoms with van der Waals surface area (Å²) in [4.78, 5) is 28.2. The Morgan fingerprint density at radius 2 is 2.00 bits per heavy atom. The average Bonchev–Trinajstić information content (AvgIpc) is 3.07. The number of nitrogens with two attached hydrogens (primary N) is 2. The van der Waals surface area contributed by atoms with E-state index in [-0.39, 0.29) is 22.3 Å². The van der Waals surface area contributed by atoms with E-state index in [1.165, 1.54) is 24.6 Å². The van der Waals surface area contributed by atoms with Crippen molar-refractivity contribution in [1.29, 1.82) is 0 Å². The summed E-state index contributed by atoms with van der Waals surface area (Å²) >= 11 is 13.5. The van der Waals surface area contributed by atoms with Gasteiger partial charge in [0.2, 0.25) is 0 Å². The number of carbonyl (C=O) groups is 1. The number of hydrogen-bond acceptors (Lipinski definition) is 7. The first kappa shape index (κ1) is 21.6. The van der Waals surface area contributed by atoms with E-state index >= 15 is 0 Å². The van der Waals surface area contributed by atoms with Crippen molar-refractivity contribution in [2.24, 2.45) is 16.9 Å². The molecule has 1 aliphatic heterocycles. The van der Waals surface area contributed by atoms with Crippen LogP contribution in [0.3, 0.4) is 0 Å². The maximum Gasteiger partial charge on any atom is 0.271 e. The number of piperidine rings is 1. The third kappa shape index (κ3) is 3.98. The second kappa shape index (κ2) is 8.49.